The summed E-state index contributed by atoms with van der Waals surface area (Å²) in [5.41, 5.74) is 3.60. The molecule has 2 N–H and O–H groups in total. The van der Waals surface area contributed by atoms with Gasteiger partial charge in [-0.1, -0.05) is 34.1 Å². The summed E-state index contributed by atoms with van der Waals surface area (Å²) in [7, 11) is 1.67. The Kier molecular flexibility index (Phi) is 6.00. The SMILES string of the molecule is CCOc1c(OC)ccc(Br)c1CNCCc1c[nH]c2ccccc12. The highest BCUT2D eigenvalue weighted by atomic mass is 79.9. The summed E-state index contributed by atoms with van der Waals surface area (Å²) in [6.45, 7) is 4.19. The summed E-state index contributed by atoms with van der Waals surface area (Å²) in [5.74, 6) is 1.57. The lowest BCUT2D eigenvalue weighted by molar-refractivity contribution is 0.306. The first-order valence-corrected chi connectivity index (χ1v) is 9.27. The highest BCUT2D eigenvalue weighted by molar-refractivity contribution is 9.10. The minimum Gasteiger partial charge on any atom is -0.493 e. The fourth-order valence-electron chi connectivity index (χ4n) is 2.99. The molecule has 0 saturated heterocycles. The summed E-state index contributed by atoms with van der Waals surface area (Å²) in [4.78, 5) is 3.32. The summed E-state index contributed by atoms with van der Waals surface area (Å²) in [6, 6.07) is 12.3. The van der Waals surface area contributed by atoms with Crippen LogP contribution in [0.4, 0.5) is 0 Å². The van der Waals surface area contributed by atoms with E-state index in [0.717, 1.165) is 41.0 Å². The average Bonchev–Trinajstić information content (AvgIpc) is 3.04. The van der Waals surface area contributed by atoms with Crippen molar-refractivity contribution in [2.45, 2.75) is 19.9 Å². The number of halogens is 1. The van der Waals surface area contributed by atoms with Gasteiger partial charge in [-0.05, 0) is 43.7 Å². The molecule has 0 unspecified atom stereocenters. The number of hydrogen-bond acceptors (Lipinski definition) is 3. The van der Waals surface area contributed by atoms with Gasteiger partial charge in [-0.15, -0.1) is 0 Å². The standard InChI is InChI=1S/C20H23BrN2O2/c1-3-25-20-16(17(21)8-9-19(20)24-2)13-22-11-10-14-12-23-18-7-5-4-6-15(14)18/h4-9,12,22-23H,3,10-11,13H2,1-2H3. The largest absolute Gasteiger partial charge is 0.493 e. The molecule has 0 radical (unpaired) electrons. The van der Waals surface area contributed by atoms with Crippen molar-refractivity contribution in [2.75, 3.05) is 20.3 Å². The molecule has 0 aliphatic heterocycles. The summed E-state index contributed by atoms with van der Waals surface area (Å²) in [5, 5.41) is 4.81. The van der Waals surface area contributed by atoms with E-state index in [1.807, 2.05) is 19.1 Å². The normalized spacial score (nSPS) is 11.0. The summed E-state index contributed by atoms with van der Waals surface area (Å²) >= 11 is 3.62. The van der Waals surface area contributed by atoms with Gasteiger partial charge in [-0.3, -0.25) is 0 Å². The van der Waals surface area contributed by atoms with E-state index in [1.54, 1.807) is 7.11 Å². The second-order valence-electron chi connectivity index (χ2n) is 5.78. The predicted octanol–water partition coefficient (Wildman–Crippen LogP) is 4.67. The second-order valence-corrected chi connectivity index (χ2v) is 6.63. The van der Waals surface area contributed by atoms with Crippen LogP contribution in [0.1, 0.15) is 18.1 Å². The van der Waals surface area contributed by atoms with Gasteiger partial charge in [0.2, 0.25) is 0 Å². The number of hydrogen-bond donors (Lipinski definition) is 2. The molecule has 1 heterocycles. The Morgan fingerprint density at radius 3 is 2.80 bits per heavy atom. The Labute approximate surface area is 156 Å². The van der Waals surface area contributed by atoms with Crippen molar-refractivity contribution in [3.05, 3.63) is 58.2 Å². The fraction of sp³-hybridized carbons (Fsp3) is 0.300. The first-order chi connectivity index (χ1) is 12.2. The molecule has 25 heavy (non-hydrogen) atoms. The summed E-state index contributed by atoms with van der Waals surface area (Å²) < 4.78 is 12.3. The van der Waals surface area contributed by atoms with Crippen molar-refractivity contribution in [3.63, 3.8) is 0 Å². The molecule has 0 bridgehead atoms. The molecule has 2 aromatic carbocycles. The number of benzene rings is 2. The molecule has 0 aliphatic carbocycles. The van der Waals surface area contributed by atoms with Crippen molar-refractivity contribution in [1.29, 1.82) is 0 Å². The first kappa shape index (κ1) is 17.8. The maximum atomic E-state index is 5.80. The molecule has 5 heteroatoms. The molecule has 0 atom stereocenters. The van der Waals surface area contributed by atoms with E-state index in [4.69, 9.17) is 9.47 Å². The number of aromatic amines is 1. The lowest BCUT2D eigenvalue weighted by Crippen LogP contribution is -2.18. The van der Waals surface area contributed by atoms with Crippen LogP contribution in [0.25, 0.3) is 10.9 Å². The van der Waals surface area contributed by atoms with E-state index in [1.165, 1.54) is 16.5 Å². The number of H-pyrrole nitrogens is 1. The van der Waals surface area contributed by atoms with E-state index >= 15 is 0 Å². The highest BCUT2D eigenvalue weighted by Crippen LogP contribution is 2.36. The van der Waals surface area contributed by atoms with Gasteiger partial charge in [-0.2, -0.15) is 0 Å². The number of nitrogens with one attached hydrogen (secondary N) is 2. The highest BCUT2D eigenvalue weighted by Gasteiger charge is 2.14. The maximum Gasteiger partial charge on any atom is 0.166 e. The molecule has 0 fully saturated rings. The smallest absolute Gasteiger partial charge is 0.166 e. The van der Waals surface area contributed by atoms with Crippen molar-refractivity contribution < 1.29 is 9.47 Å². The van der Waals surface area contributed by atoms with Crippen molar-refractivity contribution in [2.24, 2.45) is 0 Å². The number of ether oxygens (including phenoxy) is 2. The van der Waals surface area contributed by atoms with Gasteiger partial charge in [-0.25, -0.2) is 0 Å². The van der Waals surface area contributed by atoms with Crippen molar-refractivity contribution in [1.82, 2.24) is 10.3 Å². The molecule has 0 amide bonds. The predicted molar refractivity (Wildman–Crippen MR) is 106 cm³/mol. The van der Waals surface area contributed by atoms with Gasteiger partial charge in [0, 0.05) is 33.7 Å². The third kappa shape index (κ3) is 3.99. The number of methoxy groups -OCH3 is 1. The van der Waals surface area contributed by atoms with Gasteiger partial charge in [0.15, 0.2) is 11.5 Å². The zero-order chi connectivity index (χ0) is 17.6. The third-order valence-electron chi connectivity index (χ3n) is 4.22. The molecule has 3 aromatic rings. The van der Waals surface area contributed by atoms with E-state index in [-0.39, 0.29) is 0 Å². The number of aromatic nitrogens is 1. The first-order valence-electron chi connectivity index (χ1n) is 8.48. The third-order valence-corrected chi connectivity index (χ3v) is 4.97. The lowest BCUT2D eigenvalue weighted by atomic mass is 10.1. The van der Waals surface area contributed by atoms with E-state index in [0.29, 0.717) is 6.61 Å². The van der Waals surface area contributed by atoms with Crippen LogP contribution in [-0.4, -0.2) is 25.2 Å². The van der Waals surface area contributed by atoms with Crippen LogP contribution in [0.15, 0.2) is 47.1 Å². The average molecular weight is 403 g/mol. The van der Waals surface area contributed by atoms with Gasteiger partial charge < -0.3 is 19.8 Å². The van der Waals surface area contributed by atoms with E-state index < -0.39 is 0 Å². The maximum absolute atomic E-state index is 5.80. The van der Waals surface area contributed by atoms with Crippen LogP contribution in [0.3, 0.4) is 0 Å². The number of para-hydroxylation sites is 1. The Morgan fingerprint density at radius 2 is 2.00 bits per heavy atom. The van der Waals surface area contributed by atoms with Crippen LogP contribution in [0.2, 0.25) is 0 Å². The van der Waals surface area contributed by atoms with Crippen LogP contribution in [0.5, 0.6) is 11.5 Å². The lowest BCUT2D eigenvalue weighted by Gasteiger charge is -2.16. The summed E-state index contributed by atoms with van der Waals surface area (Å²) in [6.07, 6.45) is 3.06. The molecule has 1 aromatic heterocycles. The topological polar surface area (TPSA) is 46.3 Å². The fourth-order valence-corrected chi connectivity index (χ4v) is 3.44. The van der Waals surface area contributed by atoms with Crippen molar-refractivity contribution >= 4 is 26.8 Å². The van der Waals surface area contributed by atoms with Crippen LogP contribution in [-0.2, 0) is 13.0 Å². The molecule has 0 saturated carbocycles. The molecular formula is C20H23BrN2O2. The van der Waals surface area contributed by atoms with Crippen LogP contribution >= 0.6 is 15.9 Å². The Balaban J connectivity index is 1.66. The molecular weight excluding hydrogens is 380 g/mol. The van der Waals surface area contributed by atoms with Gasteiger partial charge >= 0.3 is 0 Å². The molecule has 0 aliphatic rings. The van der Waals surface area contributed by atoms with E-state index in [9.17, 15) is 0 Å². The quantitative estimate of drug-likeness (QED) is 0.538. The Morgan fingerprint density at radius 1 is 1.16 bits per heavy atom. The zero-order valence-electron chi connectivity index (χ0n) is 14.6. The molecule has 0 spiro atoms. The molecule has 4 nitrogen and oxygen atoms in total. The van der Waals surface area contributed by atoms with Crippen LogP contribution < -0.4 is 14.8 Å². The van der Waals surface area contributed by atoms with Gasteiger partial charge in [0.25, 0.3) is 0 Å². The van der Waals surface area contributed by atoms with Gasteiger partial charge in [0.1, 0.15) is 0 Å². The molecule has 3 rings (SSSR count). The number of rotatable bonds is 8. The van der Waals surface area contributed by atoms with E-state index in [2.05, 4.69) is 56.7 Å². The zero-order valence-corrected chi connectivity index (χ0v) is 16.2. The Hall–Kier alpha value is -1.98. The van der Waals surface area contributed by atoms with Crippen molar-refractivity contribution in [3.8, 4) is 11.5 Å². The minimum absolute atomic E-state index is 0.606. The van der Waals surface area contributed by atoms with Crippen LogP contribution in [0, 0.1) is 0 Å². The number of fused-ring (bicyclic) bond motifs is 1. The second kappa shape index (κ2) is 8.41. The van der Waals surface area contributed by atoms with Gasteiger partial charge in [0.05, 0.1) is 13.7 Å². The monoisotopic (exact) mass is 402 g/mol. The Bertz CT molecular complexity index is 845. The minimum atomic E-state index is 0.606. The molecule has 132 valence electrons.